The van der Waals surface area contributed by atoms with Crippen molar-refractivity contribution in [2.45, 2.75) is 31.8 Å². The molecule has 176 valence electrons. The number of phenols is 1. The molecular weight excluding hydrogens is 467 g/mol. The van der Waals surface area contributed by atoms with Gasteiger partial charge in [-0.1, -0.05) is 30.1 Å². The third-order valence-corrected chi connectivity index (χ3v) is 5.61. The van der Waals surface area contributed by atoms with E-state index in [1.807, 2.05) is 6.92 Å². The minimum atomic E-state index is -0.554. The number of hydrogen-bond donors (Lipinski definition) is 5. The lowest BCUT2D eigenvalue weighted by molar-refractivity contribution is -0.118. The summed E-state index contributed by atoms with van der Waals surface area (Å²) in [5, 5.41) is 29.0. The van der Waals surface area contributed by atoms with Crippen molar-refractivity contribution in [3.05, 3.63) is 57.6 Å². The molecule has 0 fully saturated rings. The standard InChI is InChI=1S/C23H26Cl2N4O4/c1-2-13(14-3-16(24)8-17(25)4-14)6-20(31)10-26-22(33)15-5-18(9-19(30)7-15)29-23-27-11-21(32)12-28-23/h3-5,7-9,13,21,30,32H,2,6,10-12H2,1H3,(H,26,33)(H2,27,28,29)/t13-/m1/s1. The van der Waals surface area contributed by atoms with Gasteiger partial charge in [-0.3, -0.25) is 14.6 Å². The molecule has 0 aliphatic carbocycles. The molecule has 2 aromatic rings. The second-order valence-corrected chi connectivity index (χ2v) is 8.72. The van der Waals surface area contributed by atoms with Gasteiger partial charge in [-0.15, -0.1) is 0 Å². The number of amides is 1. The SMILES string of the molecule is CC[C@H](CC(=O)CNC(=O)c1cc(O)cc(NC2=NCC(O)CN2)c1)c1cc(Cl)cc(Cl)c1. The fraction of sp³-hybridized carbons (Fsp3) is 0.348. The molecule has 3 rings (SSSR count). The van der Waals surface area contributed by atoms with E-state index in [9.17, 15) is 19.8 Å². The Kier molecular flexibility index (Phi) is 8.55. The number of benzene rings is 2. The monoisotopic (exact) mass is 492 g/mol. The molecule has 8 nitrogen and oxygen atoms in total. The number of halogens is 2. The topological polar surface area (TPSA) is 123 Å². The molecule has 1 amide bonds. The van der Waals surface area contributed by atoms with Gasteiger partial charge in [0.05, 0.1) is 19.2 Å². The zero-order valence-corrected chi connectivity index (χ0v) is 19.6. The van der Waals surface area contributed by atoms with Crippen LogP contribution in [-0.4, -0.2) is 53.6 Å². The fourth-order valence-corrected chi connectivity index (χ4v) is 4.05. The lowest BCUT2D eigenvalue weighted by atomic mass is 9.91. The van der Waals surface area contributed by atoms with Crippen LogP contribution in [0, 0.1) is 0 Å². The number of rotatable bonds is 8. The molecule has 0 radical (unpaired) electrons. The highest BCUT2D eigenvalue weighted by atomic mass is 35.5. The number of anilines is 1. The van der Waals surface area contributed by atoms with E-state index in [0.717, 1.165) is 5.56 Å². The number of nitrogens with one attached hydrogen (secondary N) is 3. The van der Waals surface area contributed by atoms with Crippen LogP contribution in [0.5, 0.6) is 5.75 Å². The minimum Gasteiger partial charge on any atom is -0.508 e. The molecule has 0 saturated carbocycles. The van der Waals surface area contributed by atoms with Crippen molar-refractivity contribution in [2.75, 3.05) is 25.0 Å². The van der Waals surface area contributed by atoms with E-state index in [2.05, 4.69) is 20.9 Å². The molecular formula is C23H26Cl2N4O4. The number of aromatic hydroxyl groups is 1. The first-order chi connectivity index (χ1) is 15.7. The summed E-state index contributed by atoms with van der Waals surface area (Å²) in [6, 6.07) is 9.52. The summed E-state index contributed by atoms with van der Waals surface area (Å²) in [4.78, 5) is 29.3. The summed E-state index contributed by atoms with van der Waals surface area (Å²) in [5.74, 6) is -0.375. The van der Waals surface area contributed by atoms with Gasteiger partial charge in [-0.25, -0.2) is 0 Å². The first-order valence-electron chi connectivity index (χ1n) is 10.6. The van der Waals surface area contributed by atoms with Crippen LogP contribution in [-0.2, 0) is 4.79 Å². The number of carbonyl (C=O) groups is 2. The Hall–Kier alpha value is -2.81. The lowest BCUT2D eigenvalue weighted by Crippen LogP contribution is -2.42. The highest BCUT2D eigenvalue weighted by Gasteiger charge is 2.18. The van der Waals surface area contributed by atoms with Gasteiger partial charge in [0, 0.05) is 40.3 Å². The van der Waals surface area contributed by atoms with Gasteiger partial charge in [0.2, 0.25) is 0 Å². The number of aliphatic imine (C=N–C) groups is 1. The number of Topliss-reactive ketones (excluding diaryl/α,β-unsaturated/α-hetero) is 1. The number of ketones is 1. The van der Waals surface area contributed by atoms with Gasteiger partial charge >= 0.3 is 0 Å². The van der Waals surface area contributed by atoms with E-state index in [-0.39, 0.29) is 42.5 Å². The number of guanidine groups is 1. The molecule has 1 aliphatic rings. The molecule has 33 heavy (non-hydrogen) atoms. The number of nitrogens with zero attached hydrogens (tertiary/aromatic N) is 1. The van der Waals surface area contributed by atoms with Crippen molar-refractivity contribution in [2.24, 2.45) is 4.99 Å². The van der Waals surface area contributed by atoms with Crippen LogP contribution in [0.25, 0.3) is 0 Å². The van der Waals surface area contributed by atoms with Crippen LogP contribution >= 0.6 is 23.2 Å². The normalized spacial score (nSPS) is 16.4. The summed E-state index contributed by atoms with van der Waals surface area (Å²) in [6.45, 7) is 2.43. The van der Waals surface area contributed by atoms with Crippen LogP contribution in [0.2, 0.25) is 10.0 Å². The fourth-order valence-electron chi connectivity index (χ4n) is 3.50. The van der Waals surface area contributed by atoms with Gasteiger partial charge in [0.1, 0.15) is 5.75 Å². The zero-order chi connectivity index (χ0) is 24.0. The van der Waals surface area contributed by atoms with Crippen LogP contribution in [0.4, 0.5) is 5.69 Å². The smallest absolute Gasteiger partial charge is 0.251 e. The number of hydrogen-bond acceptors (Lipinski definition) is 7. The Labute approximate surface area is 202 Å². The molecule has 0 aromatic heterocycles. The van der Waals surface area contributed by atoms with Crippen molar-refractivity contribution in [3.8, 4) is 5.75 Å². The highest BCUT2D eigenvalue weighted by molar-refractivity contribution is 6.34. The van der Waals surface area contributed by atoms with Crippen LogP contribution < -0.4 is 16.0 Å². The van der Waals surface area contributed by atoms with E-state index >= 15 is 0 Å². The molecule has 2 atom stereocenters. The number of carbonyl (C=O) groups excluding carboxylic acids is 2. The molecule has 1 heterocycles. The second-order valence-electron chi connectivity index (χ2n) is 7.85. The largest absolute Gasteiger partial charge is 0.508 e. The van der Waals surface area contributed by atoms with Crippen LogP contribution in [0.1, 0.15) is 41.6 Å². The molecule has 0 spiro atoms. The van der Waals surface area contributed by atoms with Crippen molar-refractivity contribution in [3.63, 3.8) is 0 Å². The van der Waals surface area contributed by atoms with E-state index in [1.165, 1.54) is 18.2 Å². The zero-order valence-electron chi connectivity index (χ0n) is 18.1. The van der Waals surface area contributed by atoms with Crippen molar-refractivity contribution < 1.29 is 19.8 Å². The second kappa shape index (κ2) is 11.4. The maximum Gasteiger partial charge on any atom is 0.251 e. The predicted molar refractivity (Wildman–Crippen MR) is 129 cm³/mol. The third-order valence-electron chi connectivity index (χ3n) is 5.18. The first-order valence-corrected chi connectivity index (χ1v) is 11.3. The summed E-state index contributed by atoms with van der Waals surface area (Å²) in [5.41, 5.74) is 1.51. The first kappa shape index (κ1) is 24.8. The molecule has 1 unspecified atom stereocenters. The quantitative estimate of drug-likeness (QED) is 0.385. The molecule has 0 saturated heterocycles. The average molecular weight is 493 g/mol. The van der Waals surface area contributed by atoms with E-state index in [4.69, 9.17) is 23.2 Å². The number of aliphatic hydroxyl groups is 1. The summed E-state index contributed by atoms with van der Waals surface area (Å²) in [6.07, 6.45) is 0.395. The maximum atomic E-state index is 12.6. The van der Waals surface area contributed by atoms with Crippen molar-refractivity contribution >= 4 is 46.5 Å². The van der Waals surface area contributed by atoms with E-state index in [1.54, 1.807) is 18.2 Å². The number of β-amino-alcohol motifs (C(OH)–C–C–N with tert-alkyl or cyclic N) is 1. The average Bonchev–Trinajstić information content (AvgIpc) is 2.76. The predicted octanol–water partition coefficient (Wildman–Crippen LogP) is 3.31. The molecule has 5 N–H and O–H groups in total. The van der Waals surface area contributed by atoms with Crippen LogP contribution in [0.3, 0.4) is 0 Å². The van der Waals surface area contributed by atoms with Gasteiger partial charge in [-0.05, 0) is 48.2 Å². The molecule has 2 aromatic carbocycles. The number of phenolic OH excluding ortho intramolecular Hbond substituents is 1. The maximum absolute atomic E-state index is 12.6. The third kappa shape index (κ3) is 7.35. The number of aliphatic hydroxyl groups excluding tert-OH is 1. The summed E-state index contributed by atoms with van der Waals surface area (Å²) < 4.78 is 0. The van der Waals surface area contributed by atoms with Gasteiger partial charge < -0.3 is 26.2 Å². The Morgan fingerprint density at radius 2 is 1.91 bits per heavy atom. The lowest BCUT2D eigenvalue weighted by Gasteiger charge is -2.20. The Bertz CT molecular complexity index is 1040. The summed E-state index contributed by atoms with van der Waals surface area (Å²) >= 11 is 12.2. The van der Waals surface area contributed by atoms with Crippen molar-refractivity contribution in [1.82, 2.24) is 10.6 Å². The molecule has 10 heteroatoms. The summed E-state index contributed by atoms with van der Waals surface area (Å²) in [7, 11) is 0. The Morgan fingerprint density at radius 3 is 2.55 bits per heavy atom. The van der Waals surface area contributed by atoms with E-state index in [0.29, 0.717) is 34.7 Å². The van der Waals surface area contributed by atoms with Gasteiger partial charge in [-0.2, -0.15) is 0 Å². The Balaban J connectivity index is 1.59. The van der Waals surface area contributed by atoms with Gasteiger partial charge in [0.25, 0.3) is 5.91 Å². The molecule has 0 bridgehead atoms. The highest BCUT2D eigenvalue weighted by Crippen LogP contribution is 2.29. The van der Waals surface area contributed by atoms with Gasteiger partial charge in [0.15, 0.2) is 11.7 Å². The van der Waals surface area contributed by atoms with Crippen molar-refractivity contribution in [1.29, 1.82) is 0 Å². The Morgan fingerprint density at radius 1 is 1.18 bits per heavy atom. The van der Waals surface area contributed by atoms with Crippen LogP contribution in [0.15, 0.2) is 41.4 Å². The van der Waals surface area contributed by atoms with E-state index < -0.39 is 12.0 Å². The molecule has 1 aliphatic heterocycles. The minimum absolute atomic E-state index is 0.0653.